The maximum absolute atomic E-state index is 10.7. The van der Waals surface area contributed by atoms with Crippen LogP contribution in [-0.2, 0) is 24.1 Å². The van der Waals surface area contributed by atoms with E-state index in [-0.39, 0.29) is 0 Å². The molecular formula is C17H27N2O3S-. The second kappa shape index (κ2) is 9.37. The van der Waals surface area contributed by atoms with Gasteiger partial charge in [-0.15, -0.1) is 0 Å². The molecule has 0 spiro atoms. The van der Waals surface area contributed by atoms with Crippen LogP contribution in [0.4, 0.5) is 0 Å². The highest BCUT2D eigenvalue weighted by Gasteiger charge is 2.20. The highest BCUT2D eigenvalue weighted by atomic mass is 32.2. The molecular weight excluding hydrogens is 312 g/mol. The van der Waals surface area contributed by atoms with Crippen molar-refractivity contribution in [3.8, 4) is 5.75 Å². The van der Waals surface area contributed by atoms with Crippen LogP contribution in [0.2, 0.25) is 0 Å². The van der Waals surface area contributed by atoms with Crippen molar-refractivity contribution < 1.29 is 13.5 Å². The summed E-state index contributed by atoms with van der Waals surface area (Å²) in [5, 5.41) is 3.63. The van der Waals surface area contributed by atoms with E-state index in [0.717, 1.165) is 50.8 Å². The second-order valence-electron chi connectivity index (χ2n) is 6.12. The van der Waals surface area contributed by atoms with Crippen molar-refractivity contribution in [2.24, 2.45) is 0 Å². The largest absolute Gasteiger partial charge is 0.760 e. The number of methoxy groups -OCH3 is 1. The van der Waals surface area contributed by atoms with Gasteiger partial charge in [-0.25, -0.2) is 4.31 Å². The summed E-state index contributed by atoms with van der Waals surface area (Å²) in [5.74, 6) is 1.00. The van der Waals surface area contributed by atoms with E-state index in [9.17, 15) is 8.76 Å². The van der Waals surface area contributed by atoms with Crippen molar-refractivity contribution in [1.29, 1.82) is 0 Å². The molecule has 0 radical (unpaired) electrons. The van der Waals surface area contributed by atoms with E-state index in [1.165, 1.54) is 15.4 Å². The smallest absolute Gasteiger partial charge is 0.122 e. The van der Waals surface area contributed by atoms with Gasteiger partial charge < -0.3 is 14.6 Å². The third kappa shape index (κ3) is 5.57. The molecule has 1 aromatic rings. The third-order valence-electron chi connectivity index (χ3n) is 4.50. The van der Waals surface area contributed by atoms with E-state index in [0.29, 0.717) is 12.6 Å². The first-order valence-corrected chi connectivity index (χ1v) is 9.33. The number of benzene rings is 1. The molecule has 2 unspecified atom stereocenters. The van der Waals surface area contributed by atoms with Crippen LogP contribution in [0.3, 0.4) is 0 Å². The zero-order chi connectivity index (χ0) is 16.7. The van der Waals surface area contributed by atoms with Gasteiger partial charge in [0.1, 0.15) is 5.75 Å². The van der Waals surface area contributed by atoms with Crippen LogP contribution >= 0.6 is 0 Å². The quantitative estimate of drug-likeness (QED) is 0.552. The van der Waals surface area contributed by atoms with Gasteiger partial charge in [0.15, 0.2) is 0 Å². The molecule has 1 aromatic carbocycles. The van der Waals surface area contributed by atoms with Crippen LogP contribution in [0.1, 0.15) is 36.8 Å². The Kier molecular flexibility index (Phi) is 7.49. The van der Waals surface area contributed by atoms with Crippen molar-refractivity contribution >= 4 is 11.3 Å². The summed E-state index contributed by atoms with van der Waals surface area (Å²) in [4.78, 5) is 0. The molecule has 0 heterocycles. The van der Waals surface area contributed by atoms with E-state index in [1.807, 2.05) is 6.07 Å². The lowest BCUT2D eigenvalue weighted by molar-refractivity contribution is 0.391. The van der Waals surface area contributed by atoms with Crippen molar-refractivity contribution in [3.63, 3.8) is 0 Å². The summed E-state index contributed by atoms with van der Waals surface area (Å²) in [6.45, 7) is 1.59. The Labute approximate surface area is 141 Å². The summed E-state index contributed by atoms with van der Waals surface area (Å²) in [7, 11) is 3.34. The highest BCUT2D eigenvalue weighted by molar-refractivity contribution is 7.76. The van der Waals surface area contributed by atoms with Crippen LogP contribution in [0.25, 0.3) is 0 Å². The Bertz CT molecular complexity index is 510. The average molecular weight is 339 g/mol. The Hall–Kier alpha value is -0.950. The number of ether oxygens (including phenoxy) is 1. The molecule has 1 N–H and O–H groups in total. The van der Waals surface area contributed by atoms with E-state index in [4.69, 9.17) is 4.74 Å². The maximum Gasteiger partial charge on any atom is 0.122 e. The van der Waals surface area contributed by atoms with Gasteiger partial charge >= 0.3 is 0 Å². The zero-order valence-electron chi connectivity index (χ0n) is 14.0. The minimum atomic E-state index is -2.09. The molecule has 1 aliphatic rings. The number of hydrogen-bond acceptors (Lipinski definition) is 4. The Morgan fingerprint density at radius 2 is 2.22 bits per heavy atom. The van der Waals surface area contributed by atoms with Gasteiger partial charge in [0.2, 0.25) is 0 Å². The molecule has 1 aliphatic carbocycles. The fraction of sp³-hybridized carbons (Fsp3) is 0.647. The number of nitrogens with one attached hydrogen (secondary N) is 1. The molecule has 0 aromatic heterocycles. The monoisotopic (exact) mass is 339 g/mol. The topological polar surface area (TPSA) is 64.6 Å². The van der Waals surface area contributed by atoms with Crippen LogP contribution in [0, 0.1) is 0 Å². The van der Waals surface area contributed by atoms with Crippen molar-refractivity contribution in [2.45, 2.75) is 44.6 Å². The third-order valence-corrected chi connectivity index (χ3v) is 5.19. The fourth-order valence-corrected chi connectivity index (χ4v) is 3.42. The SMILES string of the molecule is COc1cccc2c1CC(NCCCCCN(C)S(=O)[O-])CC2. The number of hydrogen-bond donors (Lipinski definition) is 1. The Balaban J connectivity index is 1.67. The van der Waals surface area contributed by atoms with Gasteiger partial charge in [-0.3, -0.25) is 4.21 Å². The van der Waals surface area contributed by atoms with E-state index >= 15 is 0 Å². The highest BCUT2D eigenvalue weighted by Crippen LogP contribution is 2.29. The summed E-state index contributed by atoms with van der Waals surface area (Å²) >= 11 is -2.09. The van der Waals surface area contributed by atoms with Gasteiger partial charge in [-0.05, 0) is 62.9 Å². The lowest BCUT2D eigenvalue weighted by Gasteiger charge is -2.27. The second-order valence-corrected chi connectivity index (χ2v) is 7.18. The predicted octanol–water partition coefficient (Wildman–Crippen LogP) is 2.04. The molecule has 5 nitrogen and oxygen atoms in total. The number of nitrogens with zero attached hydrogens (tertiary/aromatic N) is 1. The Morgan fingerprint density at radius 3 is 2.96 bits per heavy atom. The van der Waals surface area contributed by atoms with Crippen LogP contribution < -0.4 is 10.1 Å². The van der Waals surface area contributed by atoms with Crippen molar-refractivity contribution in [2.75, 3.05) is 27.2 Å². The predicted molar refractivity (Wildman–Crippen MR) is 92.2 cm³/mol. The van der Waals surface area contributed by atoms with E-state index < -0.39 is 11.3 Å². The molecule has 130 valence electrons. The fourth-order valence-electron chi connectivity index (χ4n) is 3.14. The maximum atomic E-state index is 10.7. The van der Waals surface area contributed by atoms with Crippen molar-refractivity contribution in [1.82, 2.24) is 9.62 Å². The molecule has 0 amide bonds. The van der Waals surface area contributed by atoms with Gasteiger partial charge in [0.25, 0.3) is 0 Å². The lowest BCUT2D eigenvalue weighted by atomic mass is 9.87. The number of fused-ring (bicyclic) bond motifs is 1. The summed E-state index contributed by atoms with van der Waals surface area (Å²) in [6, 6.07) is 6.81. The lowest BCUT2D eigenvalue weighted by Crippen LogP contribution is -2.35. The van der Waals surface area contributed by atoms with Gasteiger partial charge in [0.05, 0.1) is 7.11 Å². The first-order valence-electron chi connectivity index (χ1n) is 8.30. The van der Waals surface area contributed by atoms with E-state index in [2.05, 4.69) is 17.4 Å². The molecule has 0 fully saturated rings. The Morgan fingerprint density at radius 1 is 1.39 bits per heavy atom. The number of rotatable bonds is 9. The summed E-state index contributed by atoms with van der Waals surface area (Å²) in [5.41, 5.74) is 2.76. The number of unbranched alkanes of at least 4 members (excludes halogenated alkanes) is 2. The standard InChI is InChI=1S/C17H28N2O3S/c1-19(23(20)21)12-5-3-4-11-18-15-10-9-14-7-6-8-17(22-2)16(14)13-15/h6-8,15,18H,3-5,9-13H2,1-2H3,(H,20,21)/p-1. The van der Waals surface area contributed by atoms with Crippen LogP contribution in [0.15, 0.2) is 18.2 Å². The summed E-state index contributed by atoms with van der Waals surface area (Å²) < 4.78 is 28.2. The van der Waals surface area contributed by atoms with Crippen molar-refractivity contribution in [3.05, 3.63) is 29.3 Å². The molecule has 6 heteroatoms. The molecule has 23 heavy (non-hydrogen) atoms. The average Bonchev–Trinajstić information content (AvgIpc) is 2.56. The molecule has 0 bridgehead atoms. The molecule has 0 saturated carbocycles. The molecule has 0 saturated heterocycles. The zero-order valence-corrected chi connectivity index (χ0v) is 14.9. The normalized spacial score (nSPS) is 18.7. The van der Waals surface area contributed by atoms with Gasteiger partial charge in [-0.1, -0.05) is 18.6 Å². The number of aryl methyl sites for hydroxylation is 1. The minimum absolute atomic E-state index is 0.510. The van der Waals surface area contributed by atoms with Gasteiger partial charge in [-0.2, -0.15) is 0 Å². The van der Waals surface area contributed by atoms with Gasteiger partial charge in [0, 0.05) is 23.9 Å². The van der Waals surface area contributed by atoms with Crippen LogP contribution in [0.5, 0.6) is 5.75 Å². The van der Waals surface area contributed by atoms with Crippen LogP contribution in [-0.4, -0.2) is 46.4 Å². The molecule has 2 atom stereocenters. The summed E-state index contributed by atoms with van der Waals surface area (Å²) in [6.07, 6.45) is 6.32. The van der Waals surface area contributed by atoms with E-state index in [1.54, 1.807) is 14.2 Å². The first-order chi connectivity index (χ1) is 11.1. The minimum Gasteiger partial charge on any atom is -0.760 e. The first kappa shape index (κ1) is 18.4. The molecule has 2 rings (SSSR count). The molecule has 0 aliphatic heterocycles.